The third kappa shape index (κ3) is 28.7. The van der Waals surface area contributed by atoms with Gasteiger partial charge < -0.3 is 0 Å². The molecule has 0 aliphatic heterocycles. The molecule has 0 saturated carbocycles. The summed E-state index contributed by atoms with van der Waals surface area (Å²) in [5.41, 5.74) is 26.9. The maximum absolute atomic E-state index is 6.10. The summed E-state index contributed by atoms with van der Waals surface area (Å²) in [6, 6.07) is 12.1. The highest BCUT2D eigenvalue weighted by atomic mass is 35.5. The van der Waals surface area contributed by atoms with E-state index in [1.807, 2.05) is 101 Å². The number of hydrogen-bond acceptors (Lipinski definition) is 8. The monoisotopic (exact) mass is 1490 g/mol. The van der Waals surface area contributed by atoms with Crippen molar-refractivity contribution in [1.82, 2.24) is 39.9 Å². The van der Waals surface area contributed by atoms with Gasteiger partial charge in [0, 0.05) is 84.4 Å². The Bertz CT molecular complexity index is 3530. The Kier molecular flexibility index (Phi) is 40.0. The minimum atomic E-state index is 0.436. The number of hydrogen-bond donors (Lipinski definition) is 0. The molecule has 0 atom stereocenters. The van der Waals surface area contributed by atoms with E-state index in [1.54, 1.807) is 6.20 Å². The number of halogens is 8. The first kappa shape index (κ1) is 91.5. The van der Waals surface area contributed by atoms with Crippen LogP contribution in [0.5, 0.6) is 0 Å². The molecule has 8 aromatic heterocycles. The number of aryl methyl sites for hydroxylation is 7. The number of nitrogens with zero attached hydrogens (tertiary/aromatic N) is 8. The molecule has 0 bridgehead atoms. The predicted octanol–water partition coefficient (Wildman–Crippen LogP) is 28.6. The summed E-state index contributed by atoms with van der Waals surface area (Å²) in [5, 5.41) is 5.95. The van der Waals surface area contributed by atoms with E-state index in [-0.39, 0.29) is 0 Å². The normalized spacial score (nSPS) is 10.9. The molecule has 0 spiro atoms. The predicted molar refractivity (Wildman–Crippen MR) is 432 cm³/mol. The molecule has 8 nitrogen and oxygen atoms in total. The molecule has 16 heteroatoms. The van der Waals surface area contributed by atoms with Crippen molar-refractivity contribution in [3.05, 3.63) is 224 Å². The van der Waals surface area contributed by atoms with Crippen molar-refractivity contribution in [3.63, 3.8) is 0 Å². The minimum absolute atomic E-state index is 0.436. The van der Waals surface area contributed by atoms with Gasteiger partial charge in [-0.1, -0.05) is 217 Å². The quantitative estimate of drug-likeness (QED) is 0.132. The van der Waals surface area contributed by atoms with Crippen LogP contribution in [0.2, 0.25) is 40.6 Å². The highest BCUT2D eigenvalue weighted by molar-refractivity contribution is 6.33. The van der Waals surface area contributed by atoms with E-state index >= 15 is 0 Å². The van der Waals surface area contributed by atoms with Crippen molar-refractivity contribution in [2.24, 2.45) is 0 Å². The molecular weight excluding hydrogens is 1380 g/mol. The molecule has 8 aromatic rings. The second-order valence-electron chi connectivity index (χ2n) is 28.3. The van der Waals surface area contributed by atoms with Gasteiger partial charge in [-0.2, -0.15) is 0 Å². The van der Waals surface area contributed by atoms with Gasteiger partial charge in [0.15, 0.2) is 0 Å². The van der Waals surface area contributed by atoms with E-state index in [2.05, 4.69) is 210 Å². The Balaban J connectivity index is 0.000000560. The van der Waals surface area contributed by atoms with E-state index in [4.69, 9.17) is 92.8 Å². The van der Waals surface area contributed by atoms with Crippen LogP contribution in [0.3, 0.4) is 0 Å². The molecule has 0 unspecified atom stereocenters. The SMILES string of the molecule is Cc1c(C(C)C)cc(C(C)C)nc1Cl.Cc1c(Cl)cnc(C(C)C)c1C.Cc1cc(C(C)C)nc(C)c1Cl.Cc1cc(C(C)C)nc(Cl)c1C.Cc1cc(Cl)c(C)c(C(C)C)n1.Cc1cc(Cl)nc(C(C)C)c1C.Cc1cnc(C(C)C)c(C)c1Cl.Cc1nc(C(C)C)cc(Cl)c1C. The van der Waals surface area contributed by atoms with Gasteiger partial charge in [0.1, 0.15) is 15.5 Å². The van der Waals surface area contributed by atoms with E-state index in [1.165, 1.54) is 27.8 Å². The maximum atomic E-state index is 6.10. The molecule has 0 aliphatic carbocycles. The topological polar surface area (TPSA) is 103 Å². The molecule has 0 radical (unpaired) electrons. The summed E-state index contributed by atoms with van der Waals surface area (Å²) < 4.78 is 0. The Morgan fingerprint density at radius 3 is 1.10 bits per heavy atom. The fourth-order valence-corrected chi connectivity index (χ4v) is 11.5. The first-order chi connectivity index (χ1) is 45.1. The van der Waals surface area contributed by atoms with Gasteiger partial charge >= 0.3 is 0 Å². The maximum Gasteiger partial charge on any atom is 0.132 e. The smallest absolute Gasteiger partial charge is 0.132 e. The van der Waals surface area contributed by atoms with Crippen LogP contribution in [0, 0.1) is 104 Å². The van der Waals surface area contributed by atoms with Crippen molar-refractivity contribution in [2.45, 2.75) is 282 Å². The first-order valence-corrected chi connectivity index (χ1v) is 37.2. The zero-order chi connectivity index (χ0) is 76.0. The van der Waals surface area contributed by atoms with Crippen molar-refractivity contribution in [3.8, 4) is 0 Å². The molecule has 8 rings (SSSR count). The molecule has 540 valence electrons. The van der Waals surface area contributed by atoms with Crippen molar-refractivity contribution < 1.29 is 0 Å². The first-order valence-electron chi connectivity index (χ1n) is 34.2. The van der Waals surface area contributed by atoms with Gasteiger partial charge in [-0.05, 0) is 266 Å². The Morgan fingerprint density at radius 1 is 0.255 bits per heavy atom. The molecule has 98 heavy (non-hydrogen) atoms. The van der Waals surface area contributed by atoms with Crippen LogP contribution < -0.4 is 0 Å². The van der Waals surface area contributed by atoms with Gasteiger partial charge in [0.25, 0.3) is 0 Å². The van der Waals surface area contributed by atoms with E-state index in [0.717, 1.165) is 132 Å². The van der Waals surface area contributed by atoms with Crippen molar-refractivity contribution >= 4 is 92.8 Å². The molecule has 0 fully saturated rings. The lowest BCUT2D eigenvalue weighted by atomic mass is 9.96. The largest absolute Gasteiger partial charge is 0.260 e. The Labute approximate surface area is 633 Å². The lowest BCUT2D eigenvalue weighted by Gasteiger charge is -2.14. The Hall–Kier alpha value is -4.48. The third-order valence-corrected chi connectivity index (χ3v) is 20.0. The van der Waals surface area contributed by atoms with Gasteiger partial charge in [0.05, 0.1) is 15.7 Å². The summed E-state index contributed by atoms with van der Waals surface area (Å²) in [5.74, 6) is 4.12. The Morgan fingerprint density at radius 2 is 0.653 bits per heavy atom. The van der Waals surface area contributed by atoms with Gasteiger partial charge in [-0.25, -0.2) is 15.0 Å². The van der Waals surface area contributed by atoms with Crippen LogP contribution in [-0.4, -0.2) is 39.9 Å². The standard InChI is InChI=1S/C12H18ClN.7C10H14ClN/c1-7(2)10-6-11(8(3)4)14-12(13)9(10)5;1-6(2)10-8(4)7(3)9(11)5-12-10;1-6(2)10-5-9(11)7(3)8(4)12-10;1-6(2)10-8(4)9(11)7(3)5-12-10;1-6(2)10-8(4)9(11)5-7(3)12-10;1-6(2)9-5-7(3)10(11)8(4)12-9;1-6(2)10-8(4)7(3)5-9(11)12-10;1-6(2)9-5-7(3)8(4)10(11)12-9/h6-8H,1-5H3;7*5-6H,1-4H3. The fraction of sp³-hybridized carbons (Fsp3) is 0.512. The van der Waals surface area contributed by atoms with Crippen LogP contribution in [0.15, 0.2) is 48.8 Å². The molecule has 0 aliphatic rings. The molecule has 8 heterocycles. The van der Waals surface area contributed by atoms with Crippen LogP contribution in [0.25, 0.3) is 0 Å². The zero-order valence-corrected chi connectivity index (χ0v) is 71.5. The highest BCUT2D eigenvalue weighted by Crippen LogP contribution is 2.31. The molecule has 0 N–H and O–H groups in total. The van der Waals surface area contributed by atoms with Crippen LogP contribution in [0.1, 0.15) is 313 Å². The van der Waals surface area contributed by atoms with Crippen molar-refractivity contribution in [1.29, 1.82) is 0 Å². The summed E-state index contributed by atoms with van der Waals surface area (Å²) in [6.07, 6.45) is 3.57. The lowest BCUT2D eigenvalue weighted by molar-refractivity contribution is 0.793. The molecular formula is C82H116Cl8N8. The number of aromatic nitrogens is 8. The summed E-state index contributed by atoms with van der Waals surface area (Å²) in [7, 11) is 0. The number of pyridine rings is 8. The molecule has 0 saturated heterocycles. The van der Waals surface area contributed by atoms with Gasteiger partial charge in [-0.15, -0.1) is 0 Å². The van der Waals surface area contributed by atoms with Crippen LogP contribution in [-0.2, 0) is 0 Å². The van der Waals surface area contributed by atoms with Gasteiger partial charge in [0.2, 0.25) is 0 Å². The molecule has 0 aromatic carbocycles. The average molecular weight is 1500 g/mol. The average Bonchev–Trinajstić information content (AvgIpc) is 0.889. The highest BCUT2D eigenvalue weighted by Gasteiger charge is 2.16. The van der Waals surface area contributed by atoms with E-state index < -0.39 is 0 Å². The third-order valence-electron chi connectivity index (χ3n) is 16.7. The van der Waals surface area contributed by atoms with Crippen LogP contribution in [0.4, 0.5) is 0 Å². The summed E-state index contributed by atoms with van der Waals surface area (Å²) in [6.45, 7) is 68.7. The summed E-state index contributed by atoms with van der Waals surface area (Å²) >= 11 is 48.0. The number of rotatable bonds is 9. The van der Waals surface area contributed by atoms with Crippen LogP contribution >= 0.6 is 92.8 Å². The zero-order valence-electron chi connectivity index (χ0n) is 65.4. The second kappa shape index (κ2) is 42.8. The van der Waals surface area contributed by atoms with E-state index in [9.17, 15) is 0 Å². The lowest BCUT2D eigenvalue weighted by Crippen LogP contribution is -2.01. The van der Waals surface area contributed by atoms with E-state index in [0.29, 0.717) is 68.7 Å². The summed E-state index contributed by atoms with van der Waals surface area (Å²) in [4.78, 5) is 34.9. The van der Waals surface area contributed by atoms with Gasteiger partial charge in [-0.3, -0.25) is 24.9 Å². The molecule has 0 amide bonds. The fourth-order valence-electron chi connectivity index (χ4n) is 9.84. The minimum Gasteiger partial charge on any atom is -0.260 e. The van der Waals surface area contributed by atoms with Crippen molar-refractivity contribution in [2.75, 3.05) is 0 Å². The second-order valence-corrected chi connectivity index (χ2v) is 31.3.